The van der Waals surface area contributed by atoms with Crippen LogP contribution in [0.5, 0.6) is 0 Å². The number of thiophene rings is 2. The Kier molecular flexibility index (Phi) is 18.2. The van der Waals surface area contributed by atoms with Crippen LogP contribution in [0, 0.1) is 11.3 Å². The van der Waals surface area contributed by atoms with E-state index in [1.54, 1.807) is 188 Å². The number of nitriles is 1. The van der Waals surface area contributed by atoms with Gasteiger partial charge in [-0.05, 0) is 59.4 Å². The van der Waals surface area contributed by atoms with Crippen LogP contribution in [0.2, 0.25) is 0 Å². The smallest absolute Gasteiger partial charge is 0.424 e. The number of amides is 6. The number of ether oxygens (including phenoxy) is 6. The number of hydrogen-bond acceptors (Lipinski definition) is 22. The Hall–Kier alpha value is -12.3. The lowest BCUT2D eigenvalue weighted by Crippen LogP contribution is -2.53. The van der Waals surface area contributed by atoms with Gasteiger partial charge in [-0.1, -0.05) is 182 Å². The molecule has 2 aliphatic heterocycles. The minimum atomic E-state index is -3.11. The summed E-state index contributed by atoms with van der Waals surface area (Å²) in [4.78, 5) is 160. The summed E-state index contributed by atoms with van der Waals surface area (Å²) >= 11 is 1.61. The molecule has 4 aliphatic rings. The monoisotopic (exact) mass is 1330 g/mol. The number of nitrogens with zero attached hydrogens (tertiary/aromatic N) is 5. The van der Waals surface area contributed by atoms with Crippen molar-refractivity contribution in [2.45, 2.75) is 64.3 Å². The van der Waals surface area contributed by atoms with E-state index in [9.17, 15) is 34.0 Å². The van der Waals surface area contributed by atoms with Crippen LogP contribution in [-0.4, -0.2) is 80.9 Å². The Morgan fingerprint density at radius 1 is 0.454 bits per heavy atom. The molecule has 0 saturated heterocycles. The number of aliphatic imine (C=N–C) groups is 2. The first-order valence-electron chi connectivity index (χ1n) is 29.8. The van der Waals surface area contributed by atoms with Crippen molar-refractivity contribution in [3.8, 4) is 15.8 Å². The van der Waals surface area contributed by atoms with Crippen LogP contribution in [0.3, 0.4) is 0 Å². The van der Waals surface area contributed by atoms with Gasteiger partial charge in [0.25, 0.3) is 23.6 Å². The second kappa shape index (κ2) is 27.3. The molecule has 2 aliphatic carbocycles. The summed E-state index contributed by atoms with van der Waals surface area (Å²) in [6.45, 7) is -0.235. The summed E-state index contributed by atoms with van der Waals surface area (Å²) in [7, 11) is 0. The molecule has 6 amide bonds. The largest absolute Gasteiger partial charge is 0.459 e. The van der Waals surface area contributed by atoms with Crippen LogP contribution in [0.4, 0.5) is 14.6 Å². The lowest BCUT2D eigenvalue weighted by molar-refractivity contribution is -0.167. The van der Waals surface area contributed by atoms with E-state index in [2.05, 4.69) is 4.99 Å². The predicted octanol–water partition coefficient (Wildman–Crippen LogP) is 10.6. The molecule has 4 heterocycles. The minimum absolute atomic E-state index is 0.0251. The van der Waals surface area contributed by atoms with E-state index >= 15 is 19.2 Å². The van der Waals surface area contributed by atoms with Crippen LogP contribution < -0.4 is 5.73 Å². The highest BCUT2D eigenvalue weighted by molar-refractivity contribution is 7.25. The van der Waals surface area contributed by atoms with Gasteiger partial charge in [0.1, 0.15) is 73.4 Å². The number of carbonyl (C=O) groups excluding carboxylic acids is 10. The van der Waals surface area contributed by atoms with Crippen molar-refractivity contribution in [3.05, 3.63) is 271 Å². The van der Waals surface area contributed by atoms with Gasteiger partial charge in [0, 0.05) is 32.7 Å². The number of imide groups is 6. The molecule has 97 heavy (non-hydrogen) atoms. The molecule has 0 saturated carbocycles. The van der Waals surface area contributed by atoms with Gasteiger partial charge in [-0.25, -0.2) is 19.6 Å². The highest BCUT2D eigenvalue weighted by atomic mass is 32.1. The normalized spacial score (nSPS) is 15.9. The lowest BCUT2D eigenvalue weighted by atomic mass is 9.70. The molecule has 0 fully saturated rings. The summed E-state index contributed by atoms with van der Waals surface area (Å²) in [5.74, 6) is -10.7. The van der Waals surface area contributed by atoms with Crippen LogP contribution in [0.1, 0.15) is 68.8 Å². The molecule has 0 unspecified atom stereocenters. The summed E-state index contributed by atoms with van der Waals surface area (Å²) < 4.78 is 35.8. The highest BCUT2D eigenvalue weighted by Crippen LogP contribution is 2.65. The van der Waals surface area contributed by atoms with Crippen molar-refractivity contribution in [1.29, 1.82) is 5.26 Å². The van der Waals surface area contributed by atoms with Crippen LogP contribution in [0.25, 0.3) is 15.8 Å². The lowest BCUT2D eigenvalue weighted by Gasteiger charge is -2.33. The molecule has 0 bridgehead atoms. The summed E-state index contributed by atoms with van der Waals surface area (Å²) in [6, 6.07) is 53.2. The number of hydrogen-bond donors (Lipinski definition) is 1. The number of rotatable bonds is 18. The van der Waals surface area contributed by atoms with Crippen LogP contribution >= 0.6 is 22.7 Å². The summed E-state index contributed by atoms with van der Waals surface area (Å²) in [5, 5.41) is 10.2. The Balaban J connectivity index is 1.09. The van der Waals surface area contributed by atoms with Gasteiger partial charge in [-0.3, -0.25) is 38.4 Å². The van der Waals surface area contributed by atoms with Crippen molar-refractivity contribution in [2.24, 2.45) is 15.7 Å². The van der Waals surface area contributed by atoms with Crippen LogP contribution in [-0.2, 0) is 117 Å². The Morgan fingerprint density at radius 3 is 1.21 bits per heavy atom. The predicted molar refractivity (Wildman–Crippen MR) is 350 cm³/mol. The zero-order chi connectivity index (χ0) is 68.1. The SMILES string of the molecule is CC1=C(N)C(=O)N(C(=O)OCc2ccccc2)C(=O)C1=NC1=Cc2sc3c(c2C1(C(=O)OCc1ccccc1)C(=O)OCc1ccccc1)C(C(=O)OCc1ccccc1)(C(=O)OCc1ccccc1)c1cc(N=C2C(=O)N(C(=O)OCc4ccccc4)C(=O)C(C#N)=C2C)sc1-3. The number of esters is 4. The van der Waals surface area contributed by atoms with Gasteiger partial charge in [0.05, 0.1) is 15.5 Å². The maximum atomic E-state index is 16.3. The average Bonchev–Trinajstić information content (AvgIpc) is 1.50. The van der Waals surface area contributed by atoms with Crippen molar-refractivity contribution in [1.82, 2.24) is 9.80 Å². The summed E-state index contributed by atoms with van der Waals surface area (Å²) in [6.07, 6.45) is -1.63. The molecular weight excluding hydrogens is 1280 g/mol. The first kappa shape index (κ1) is 64.8. The molecule has 482 valence electrons. The zero-order valence-corrected chi connectivity index (χ0v) is 53.0. The van der Waals surface area contributed by atoms with E-state index in [1.807, 2.05) is 0 Å². The van der Waals surface area contributed by atoms with E-state index in [0.29, 0.717) is 33.4 Å². The fourth-order valence-corrected chi connectivity index (χ4v) is 13.9. The second-order valence-electron chi connectivity index (χ2n) is 22.2. The van der Waals surface area contributed by atoms with Gasteiger partial charge in [-0.2, -0.15) is 15.1 Å². The van der Waals surface area contributed by atoms with Gasteiger partial charge < -0.3 is 34.2 Å². The molecule has 24 heteroatoms. The van der Waals surface area contributed by atoms with Crippen LogP contribution in [0.15, 0.2) is 226 Å². The maximum Gasteiger partial charge on any atom is 0.424 e. The second-order valence-corrected chi connectivity index (χ2v) is 24.3. The van der Waals surface area contributed by atoms with Crippen molar-refractivity contribution >= 4 is 105 Å². The van der Waals surface area contributed by atoms with Crippen molar-refractivity contribution in [2.75, 3.05) is 0 Å². The summed E-state index contributed by atoms with van der Waals surface area (Å²) in [5.41, 5.74) is -1.65. The fraction of sp³-hybridized carbons (Fsp3) is 0.137. The molecule has 0 atom stereocenters. The minimum Gasteiger partial charge on any atom is -0.459 e. The first-order valence-corrected chi connectivity index (χ1v) is 31.4. The third kappa shape index (κ3) is 12.0. The Labute approximate surface area is 560 Å². The standard InChI is InChI=1S/C73H52N6O16S2/c1-42-50(35-74)62(80)78(70(88)94-40-48-29-17-7-18-30-48)64(82)58(42)77-54-33-51-60(97-54)61-56(72(51,66(84)90-36-44-21-9-3-10-22-44)67(85)91-37-45-23-11-4-12-24-45)55-52(96-61)34-53(76-59-43(2)57(75)63(81)79(65(59)83)71(89)95-41-49-31-19-8-20-32-49)73(55,68(86)92-38-46-25-13-5-14-26-46)69(87)93-39-47-27-15-6-16-28-47/h3-34H,36-41,75H2,1-2H3. The van der Waals surface area contributed by atoms with Gasteiger partial charge in [0.15, 0.2) is 0 Å². The highest BCUT2D eigenvalue weighted by Gasteiger charge is 2.69. The number of nitrogens with two attached hydrogens (primary N) is 1. The molecule has 8 aromatic rings. The maximum absolute atomic E-state index is 16.3. The molecule has 22 nitrogen and oxygen atoms in total. The van der Waals surface area contributed by atoms with E-state index in [-0.39, 0.29) is 58.3 Å². The van der Waals surface area contributed by atoms with Gasteiger partial charge in [0.2, 0.25) is 10.8 Å². The molecule has 2 aromatic heterocycles. The molecule has 0 radical (unpaired) electrons. The van der Waals surface area contributed by atoms with E-state index < -0.39 is 138 Å². The van der Waals surface area contributed by atoms with Gasteiger partial charge in [-0.15, -0.1) is 22.7 Å². The Bertz CT molecular complexity index is 4670. The molecule has 6 aromatic carbocycles. The topological polar surface area (TPSA) is 307 Å². The fourth-order valence-electron chi connectivity index (χ4n) is 11.3. The number of fused-ring (bicyclic) bond motifs is 5. The zero-order valence-electron chi connectivity index (χ0n) is 51.4. The number of benzene rings is 6. The van der Waals surface area contributed by atoms with Crippen molar-refractivity contribution < 1.29 is 76.4 Å². The first-order chi connectivity index (χ1) is 47.0. The third-order valence-electron chi connectivity index (χ3n) is 16.2. The Morgan fingerprint density at radius 2 is 0.814 bits per heavy atom. The average molecular weight is 1330 g/mol. The molecule has 0 spiro atoms. The van der Waals surface area contributed by atoms with Crippen molar-refractivity contribution in [3.63, 3.8) is 0 Å². The number of carbonyl (C=O) groups is 10. The van der Waals surface area contributed by atoms with E-state index in [0.717, 1.165) is 22.7 Å². The molecular formula is C73H52N6O16S2. The quantitative estimate of drug-likeness (QED) is 0.0361. The van der Waals surface area contributed by atoms with Gasteiger partial charge >= 0.3 is 36.1 Å². The van der Waals surface area contributed by atoms with E-state index in [1.165, 1.54) is 26.0 Å². The molecule has 12 rings (SSSR count). The third-order valence-corrected chi connectivity index (χ3v) is 18.6. The molecule has 2 N–H and O–H groups in total. The van der Waals surface area contributed by atoms with E-state index in [4.69, 9.17) is 39.1 Å².